The van der Waals surface area contributed by atoms with Crippen LogP contribution in [-0.2, 0) is 6.54 Å². The highest BCUT2D eigenvalue weighted by atomic mass is 35.5. The number of hydrogen-bond acceptors (Lipinski definition) is 4. The van der Waals surface area contributed by atoms with Crippen LogP contribution in [0.1, 0.15) is 13.3 Å². The SMILES string of the molecule is CC(N)C1CCN(CCn2nc3ccccn3c2=O)C1.Cl. The van der Waals surface area contributed by atoms with E-state index < -0.39 is 0 Å². The molecule has 0 aromatic carbocycles. The second kappa shape index (κ2) is 6.60. The first-order valence-electron chi connectivity index (χ1n) is 7.17. The van der Waals surface area contributed by atoms with Gasteiger partial charge in [0.2, 0.25) is 0 Å². The molecule has 6 nitrogen and oxygen atoms in total. The van der Waals surface area contributed by atoms with Crippen molar-refractivity contribution in [2.24, 2.45) is 11.7 Å². The second-order valence-electron chi connectivity index (χ2n) is 5.64. The predicted molar refractivity (Wildman–Crippen MR) is 84.9 cm³/mol. The van der Waals surface area contributed by atoms with Gasteiger partial charge in [-0.1, -0.05) is 6.07 Å². The molecule has 3 heterocycles. The third-order valence-corrected chi connectivity index (χ3v) is 4.17. The minimum Gasteiger partial charge on any atom is -0.328 e. The van der Waals surface area contributed by atoms with E-state index in [2.05, 4.69) is 16.9 Å². The van der Waals surface area contributed by atoms with E-state index in [1.807, 2.05) is 18.2 Å². The number of nitrogens with two attached hydrogens (primary N) is 1. The van der Waals surface area contributed by atoms with Gasteiger partial charge in [0.1, 0.15) is 0 Å². The Morgan fingerprint density at radius 1 is 1.43 bits per heavy atom. The Bertz CT molecular complexity index is 650. The second-order valence-corrected chi connectivity index (χ2v) is 5.64. The summed E-state index contributed by atoms with van der Waals surface area (Å²) in [6.45, 7) is 5.65. The highest BCUT2D eigenvalue weighted by Gasteiger charge is 2.24. The Kier molecular flexibility index (Phi) is 5.03. The molecular weight excluding hydrogens is 290 g/mol. The molecule has 0 saturated carbocycles. The van der Waals surface area contributed by atoms with E-state index in [0.29, 0.717) is 18.1 Å². The van der Waals surface area contributed by atoms with E-state index in [1.165, 1.54) is 0 Å². The zero-order valence-corrected chi connectivity index (χ0v) is 13.0. The van der Waals surface area contributed by atoms with E-state index in [0.717, 1.165) is 26.1 Å². The number of aromatic nitrogens is 3. The molecule has 7 heteroatoms. The topological polar surface area (TPSA) is 68.6 Å². The lowest BCUT2D eigenvalue weighted by atomic mass is 10.0. The van der Waals surface area contributed by atoms with Crippen LogP contribution in [0.5, 0.6) is 0 Å². The van der Waals surface area contributed by atoms with Crippen LogP contribution in [0.3, 0.4) is 0 Å². The van der Waals surface area contributed by atoms with Gasteiger partial charge in [0, 0.05) is 25.3 Å². The molecule has 2 N–H and O–H groups in total. The molecule has 2 atom stereocenters. The third kappa shape index (κ3) is 3.28. The van der Waals surface area contributed by atoms with Crippen molar-refractivity contribution in [3.63, 3.8) is 0 Å². The zero-order chi connectivity index (χ0) is 14.1. The van der Waals surface area contributed by atoms with E-state index >= 15 is 0 Å². The number of nitrogens with zero attached hydrogens (tertiary/aromatic N) is 4. The molecule has 1 aliphatic rings. The fraction of sp³-hybridized carbons (Fsp3) is 0.571. The summed E-state index contributed by atoms with van der Waals surface area (Å²) < 4.78 is 3.13. The zero-order valence-electron chi connectivity index (χ0n) is 12.2. The number of hydrogen-bond donors (Lipinski definition) is 1. The lowest BCUT2D eigenvalue weighted by Crippen LogP contribution is -2.32. The lowest BCUT2D eigenvalue weighted by molar-refractivity contribution is 0.295. The summed E-state index contributed by atoms with van der Waals surface area (Å²) >= 11 is 0. The van der Waals surface area contributed by atoms with Crippen molar-refractivity contribution >= 4 is 18.1 Å². The molecule has 0 bridgehead atoms. The van der Waals surface area contributed by atoms with Crippen LogP contribution in [0.4, 0.5) is 0 Å². The number of halogens is 1. The van der Waals surface area contributed by atoms with Crippen molar-refractivity contribution in [3.8, 4) is 0 Å². The Labute approximate surface area is 129 Å². The fourth-order valence-corrected chi connectivity index (χ4v) is 2.84. The minimum atomic E-state index is -0.0662. The first-order valence-corrected chi connectivity index (χ1v) is 7.17. The van der Waals surface area contributed by atoms with Gasteiger partial charge in [-0.15, -0.1) is 17.5 Å². The molecule has 0 spiro atoms. The molecule has 3 rings (SSSR count). The summed E-state index contributed by atoms with van der Waals surface area (Å²) in [6, 6.07) is 5.83. The standard InChI is InChI=1S/C14H21N5O.ClH/c1-11(15)12-5-7-17(10-12)8-9-19-14(20)18-6-3-2-4-13(18)16-19;/h2-4,6,11-12H,5,7-10,15H2,1H3;1H. The summed E-state index contributed by atoms with van der Waals surface area (Å²) in [5.74, 6) is 0.577. The van der Waals surface area contributed by atoms with Gasteiger partial charge in [-0.25, -0.2) is 9.48 Å². The normalized spacial score (nSPS) is 20.6. The largest absolute Gasteiger partial charge is 0.350 e. The first-order chi connectivity index (χ1) is 9.65. The van der Waals surface area contributed by atoms with Gasteiger partial charge >= 0.3 is 5.69 Å². The van der Waals surface area contributed by atoms with Gasteiger partial charge in [0.15, 0.2) is 5.65 Å². The summed E-state index contributed by atoms with van der Waals surface area (Å²) in [4.78, 5) is 14.5. The number of likely N-dealkylation sites (tertiary alicyclic amines) is 1. The maximum Gasteiger partial charge on any atom is 0.350 e. The van der Waals surface area contributed by atoms with Gasteiger partial charge in [0.25, 0.3) is 0 Å². The van der Waals surface area contributed by atoms with Crippen LogP contribution in [0.25, 0.3) is 5.65 Å². The fourth-order valence-electron chi connectivity index (χ4n) is 2.84. The van der Waals surface area contributed by atoms with Gasteiger partial charge in [-0.05, 0) is 37.9 Å². The third-order valence-electron chi connectivity index (χ3n) is 4.17. The first kappa shape index (κ1) is 16.0. The summed E-state index contributed by atoms with van der Waals surface area (Å²) in [6.07, 6.45) is 2.90. The van der Waals surface area contributed by atoms with Crippen molar-refractivity contribution in [1.29, 1.82) is 0 Å². The van der Waals surface area contributed by atoms with Crippen molar-refractivity contribution in [2.45, 2.75) is 25.9 Å². The van der Waals surface area contributed by atoms with E-state index in [1.54, 1.807) is 15.3 Å². The van der Waals surface area contributed by atoms with E-state index in [4.69, 9.17) is 5.73 Å². The number of fused-ring (bicyclic) bond motifs is 1. The molecule has 1 saturated heterocycles. The van der Waals surface area contributed by atoms with Gasteiger partial charge in [-0.2, -0.15) is 0 Å². The van der Waals surface area contributed by atoms with Crippen LogP contribution in [0.2, 0.25) is 0 Å². The molecule has 21 heavy (non-hydrogen) atoms. The molecule has 2 aromatic rings. The quantitative estimate of drug-likeness (QED) is 0.897. The monoisotopic (exact) mass is 311 g/mol. The van der Waals surface area contributed by atoms with Crippen LogP contribution in [0, 0.1) is 5.92 Å². The molecule has 0 aliphatic carbocycles. The smallest absolute Gasteiger partial charge is 0.328 e. The molecule has 0 radical (unpaired) electrons. The molecular formula is C14H22ClN5O. The molecule has 2 unspecified atom stereocenters. The highest BCUT2D eigenvalue weighted by molar-refractivity contribution is 5.85. The summed E-state index contributed by atoms with van der Waals surface area (Å²) in [5, 5.41) is 4.34. The molecule has 0 amide bonds. The molecule has 116 valence electrons. The van der Waals surface area contributed by atoms with Crippen molar-refractivity contribution in [2.75, 3.05) is 19.6 Å². The van der Waals surface area contributed by atoms with Gasteiger partial charge < -0.3 is 10.6 Å². The Morgan fingerprint density at radius 2 is 2.24 bits per heavy atom. The van der Waals surface area contributed by atoms with Gasteiger partial charge in [0.05, 0.1) is 6.54 Å². The average molecular weight is 312 g/mol. The van der Waals surface area contributed by atoms with E-state index in [-0.39, 0.29) is 24.1 Å². The maximum atomic E-state index is 12.1. The predicted octanol–water partition coefficient (Wildman–Crippen LogP) is 0.587. The lowest BCUT2D eigenvalue weighted by Gasteiger charge is -2.17. The van der Waals surface area contributed by atoms with Crippen molar-refractivity contribution in [3.05, 3.63) is 34.9 Å². The van der Waals surface area contributed by atoms with Crippen LogP contribution in [-0.4, -0.2) is 44.8 Å². The Balaban J connectivity index is 0.00000161. The summed E-state index contributed by atoms with van der Waals surface area (Å²) in [7, 11) is 0. The van der Waals surface area contributed by atoms with Crippen LogP contribution in [0.15, 0.2) is 29.2 Å². The summed E-state index contributed by atoms with van der Waals surface area (Å²) in [5.41, 5.74) is 6.58. The highest BCUT2D eigenvalue weighted by Crippen LogP contribution is 2.18. The maximum absolute atomic E-state index is 12.1. The van der Waals surface area contributed by atoms with Gasteiger partial charge in [-0.3, -0.25) is 4.40 Å². The Morgan fingerprint density at radius 3 is 2.90 bits per heavy atom. The Hall–Kier alpha value is -1.37. The number of rotatable bonds is 4. The van der Waals surface area contributed by atoms with Crippen molar-refractivity contribution in [1.82, 2.24) is 19.1 Å². The molecule has 2 aromatic heterocycles. The van der Waals surface area contributed by atoms with Crippen LogP contribution >= 0.6 is 12.4 Å². The van der Waals surface area contributed by atoms with Crippen LogP contribution < -0.4 is 11.4 Å². The average Bonchev–Trinajstić information content (AvgIpc) is 3.03. The number of pyridine rings is 1. The minimum absolute atomic E-state index is 0. The van der Waals surface area contributed by atoms with E-state index in [9.17, 15) is 4.79 Å². The molecule has 1 aliphatic heterocycles. The van der Waals surface area contributed by atoms with Crippen molar-refractivity contribution < 1.29 is 0 Å². The molecule has 1 fully saturated rings.